The van der Waals surface area contributed by atoms with Crippen molar-refractivity contribution < 1.29 is 9.90 Å². The fourth-order valence-corrected chi connectivity index (χ4v) is 2.09. The maximum absolute atomic E-state index is 11.2. The van der Waals surface area contributed by atoms with Crippen LogP contribution in [0.25, 0.3) is 10.9 Å². The predicted molar refractivity (Wildman–Crippen MR) is 71.3 cm³/mol. The number of fused-ring (bicyclic) bond motifs is 1. The third kappa shape index (κ3) is 2.54. The van der Waals surface area contributed by atoms with Crippen LogP contribution in [-0.4, -0.2) is 28.2 Å². The number of aliphatic hydroxyl groups excluding tert-OH is 1. The minimum atomic E-state index is -0.947. The molecule has 1 unspecified atom stereocenters. The molecule has 2 N–H and O–H groups in total. The third-order valence-corrected chi connectivity index (χ3v) is 3.05. The Labute approximate surface area is 106 Å². The number of nitrogens with one attached hydrogen (secondary N) is 1. The lowest BCUT2D eigenvalue weighted by molar-refractivity contribution is -0.128. The average molecular weight is 246 g/mol. The lowest BCUT2D eigenvalue weighted by Crippen LogP contribution is -2.33. The zero-order valence-corrected chi connectivity index (χ0v) is 10.7. The van der Waals surface area contributed by atoms with Crippen LogP contribution < -0.4 is 5.32 Å². The Balaban J connectivity index is 2.06. The number of aromatic nitrogens is 1. The van der Waals surface area contributed by atoms with Crippen molar-refractivity contribution in [3.8, 4) is 0 Å². The molecule has 1 heterocycles. The molecule has 1 aromatic heterocycles. The standard InChI is InChI=1S/C14H18N2O2/c1-10(17)14(18)15-8-7-11-9-16(2)13-6-4-3-5-12(11)13/h3-6,9-10,17H,7-8H2,1-2H3,(H,15,18). The summed E-state index contributed by atoms with van der Waals surface area (Å²) in [4.78, 5) is 11.2. The van der Waals surface area contributed by atoms with E-state index in [9.17, 15) is 4.79 Å². The molecule has 1 amide bonds. The SMILES string of the molecule is CC(O)C(=O)NCCc1cn(C)c2ccccc12. The van der Waals surface area contributed by atoms with Gasteiger partial charge in [-0.2, -0.15) is 0 Å². The maximum atomic E-state index is 11.2. The summed E-state index contributed by atoms with van der Waals surface area (Å²) in [5.74, 6) is -0.324. The summed E-state index contributed by atoms with van der Waals surface area (Å²) < 4.78 is 2.08. The second kappa shape index (κ2) is 5.23. The molecule has 0 aliphatic rings. The van der Waals surface area contributed by atoms with E-state index in [1.807, 2.05) is 19.2 Å². The summed E-state index contributed by atoms with van der Waals surface area (Å²) in [7, 11) is 2.01. The second-order valence-corrected chi connectivity index (χ2v) is 4.50. The first-order chi connectivity index (χ1) is 8.59. The first-order valence-corrected chi connectivity index (χ1v) is 6.08. The van der Waals surface area contributed by atoms with Gasteiger partial charge in [-0.1, -0.05) is 18.2 Å². The normalized spacial score (nSPS) is 12.6. The molecule has 0 aliphatic carbocycles. The molecular weight excluding hydrogens is 228 g/mol. The summed E-state index contributed by atoms with van der Waals surface area (Å²) >= 11 is 0. The van der Waals surface area contributed by atoms with Gasteiger partial charge in [0, 0.05) is 30.7 Å². The van der Waals surface area contributed by atoms with E-state index < -0.39 is 6.10 Å². The quantitative estimate of drug-likeness (QED) is 0.852. The van der Waals surface area contributed by atoms with E-state index in [0.717, 1.165) is 6.42 Å². The molecule has 18 heavy (non-hydrogen) atoms. The molecule has 2 rings (SSSR count). The van der Waals surface area contributed by atoms with Crippen molar-refractivity contribution in [2.24, 2.45) is 7.05 Å². The van der Waals surface area contributed by atoms with Crippen LogP contribution in [-0.2, 0) is 18.3 Å². The van der Waals surface area contributed by atoms with Gasteiger partial charge in [0.2, 0.25) is 5.91 Å². The molecule has 1 aromatic carbocycles. The molecule has 0 saturated heterocycles. The number of aryl methyl sites for hydroxylation is 1. The van der Waals surface area contributed by atoms with Crippen molar-refractivity contribution in [2.75, 3.05) is 6.54 Å². The highest BCUT2D eigenvalue weighted by Gasteiger charge is 2.09. The van der Waals surface area contributed by atoms with Gasteiger partial charge in [-0.25, -0.2) is 0 Å². The van der Waals surface area contributed by atoms with E-state index in [1.54, 1.807) is 0 Å². The highest BCUT2D eigenvalue weighted by atomic mass is 16.3. The summed E-state index contributed by atoms with van der Waals surface area (Å²) in [6, 6.07) is 8.19. The lowest BCUT2D eigenvalue weighted by Gasteiger charge is -2.06. The van der Waals surface area contributed by atoms with Crippen LogP contribution in [0.15, 0.2) is 30.5 Å². The monoisotopic (exact) mass is 246 g/mol. The molecule has 96 valence electrons. The lowest BCUT2D eigenvalue weighted by atomic mass is 10.1. The minimum absolute atomic E-state index is 0.324. The Bertz CT molecular complexity index is 558. The van der Waals surface area contributed by atoms with E-state index in [2.05, 4.69) is 28.2 Å². The molecule has 4 nitrogen and oxygen atoms in total. The van der Waals surface area contributed by atoms with Gasteiger partial charge in [0.15, 0.2) is 0 Å². The van der Waals surface area contributed by atoms with Crippen molar-refractivity contribution in [1.29, 1.82) is 0 Å². The van der Waals surface area contributed by atoms with Gasteiger partial charge in [0.25, 0.3) is 0 Å². The van der Waals surface area contributed by atoms with Gasteiger partial charge in [0.05, 0.1) is 0 Å². The Kier molecular flexibility index (Phi) is 3.67. The Morgan fingerprint density at radius 3 is 2.89 bits per heavy atom. The van der Waals surface area contributed by atoms with E-state index in [-0.39, 0.29) is 5.91 Å². The van der Waals surface area contributed by atoms with Crippen LogP contribution >= 0.6 is 0 Å². The molecule has 4 heteroatoms. The molecule has 0 radical (unpaired) electrons. The number of hydrogen-bond acceptors (Lipinski definition) is 2. The number of aliphatic hydroxyl groups is 1. The predicted octanol–water partition coefficient (Wildman–Crippen LogP) is 1.22. The number of carbonyl (C=O) groups is 1. The molecule has 2 aromatic rings. The number of rotatable bonds is 4. The molecule has 0 fully saturated rings. The highest BCUT2D eigenvalue weighted by Crippen LogP contribution is 2.20. The van der Waals surface area contributed by atoms with Crippen molar-refractivity contribution in [2.45, 2.75) is 19.4 Å². The fourth-order valence-electron chi connectivity index (χ4n) is 2.09. The molecular formula is C14H18N2O2. The largest absolute Gasteiger partial charge is 0.384 e. The number of amides is 1. The number of carbonyl (C=O) groups excluding carboxylic acids is 1. The van der Waals surface area contributed by atoms with Gasteiger partial charge < -0.3 is 15.0 Å². The summed E-state index contributed by atoms with van der Waals surface area (Å²) in [5.41, 5.74) is 2.40. The Morgan fingerprint density at radius 2 is 2.17 bits per heavy atom. The van der Waals surface area contributed by atoms with Gasteiger partial charge in [0.1, 0.15) is 6.10 Å². The van der Waals surface area contributed by atoms with Crippen molar-refractivity contribution >= 4 is 16.8 Å². The van der Waals surface area contributed by atoms with E-state index in [0.29, 0.717) is 6.54 Å². The topological polar surface area (TPSA) is 54.3 Å². The van der Waals surface area contributed by atoms with Crippen LogP contribution in [0, 0.1) is 0 Å². The van der Waals surface area contributed by atoms with Crippen LogP contribution in [0.4, 0.5) is 0 Å². The maximum Gasteiger partial charge on any atom is 0.248 e. The van der Waals surface area contributed by atoms with Crippen LogP contribution in [0.2, 0.25) is 0 Å². The van der Waals surface area contributed by atoms with E-state index in [4.69, 9.17) is 5.11 Å². The first-order valence-electron chi connectivity index (χ1n) is 6.08. The third-order valence-electron chi connectivity index (χ3n) is 3.05. The smallest absolute Gasteiger partial charge is 0.248 e. The van der Waals surface area contributed by atoms with Gasteiger partial charge in [-0.15, -0.1) is 0 Å². The fraction of sp³-hybridized carbons (Fsp3) is 0.357. The van der Waals surface area contributed by atoms with Gasteiger partial charge in [-0.3, -0.25) is 4.79 Å². The number of hydrogen-bond donors (Lipinski definition) is 2. The van der Waals surface area contributed by atoms with Gasteiger partial charge >= 0.3 is 0 Å². The zero-order chi connectivity index (χ0) is 13.1. The van der Waals surface area contributed by atoms with Crippen molar-refractivity contribution in [3.63, 3.8) is 0 Å². The van der Waals surface area contributed by atoms with Crippen molar-refractivity contribution in [3.05, 3.63) is 36.0 Å². The summed E-state index contributed by atoms with van der Waals surface area (Å²) in [5, 5.41) is 13.0. The molecule has 0 saturated carbocycles. The first kappa shape index (κ1) is 12.6. The zero-order valence-electron chi connectivity index (χ0n) is 10.7. The average Bonchev–Trinajstić information content (AvgIpc) is 2.67. The van der Waals surface area contributed by atoms with Crippen LogP contribution in [0.5, 0.6) is 0 Å². The van der Waals surface area contributed by atoms with Crippen LogP contribution in [0.3, 0.4) is 0 Å². The highest BCUT2D eigenvalue weighted by molar-refractivity contribution is 5.84. The van der Waals surface area contributed by atoms with Gasteiger partial charge in [-0.05, 0) is 25.0 Å². The second-order valence-electron chi connectivity index (χ2n) is 4.50. The number of para-hydroxylation sites is 1. The Hall–Kier alpha value is -1.81. The summed E-state index contributed by atoms with van der Waals surface area (Å²) in [6.45, 7) is 2.00. The summed E-state index contributed by atoms with van der Waals surface area (Å²) in [6.07, 6.45) is 1.90. The minimum Gasteiger partial charge on any atom is -0.384 e. The molecule has 0 spiro atoms. The number of nitrogens with zero attached hydrogens (tertiary/aromatic N) is 1. The van der Waals surface area contributed by atoms with Crippen molar-refractivity contribution in [1.82, 2.24) is 9.88 Å². The Morgan fingerprint density at radius 1 is 1.44 bits per heavy atom. The van der Waals surface area contributed by atoms with Crippen LogP contribution in [0.1, 0.15) is 12.5 Å². The van der Waals surface area contributed by atoms with E-state index >= 15 is 0 Å². The number of benzene rings is 1. The van der Waals surface area contributed by atoms with E-state index in [1.165, 1.54) is 23.4 Å². The molecule has 1 atom stereocenters. The molecule has 0 aliphatic heterocycles. The molecule has 0 bridgehead atoms.